The summed E-state index contributed by atoms with van der Waals surface area (Å²) in [6.07, 6.45) is 2.60. The Hall–Kier alpha value is -2.95. The molecule has 0 fully saturated rings. The molecule has 0 aliphatic carbocycles. The Bertz CT molecular complexity index is 935. The van der Waals surface area contributed by atoms with E-state index in [1.54, 1.807) is 10.7 Å². The number of hydrogen-bond acceptors (Lipinski definition) is 3. The lowest BCUT2D eigenvalue weighted by molar-refractivity contribution is -0.121. The van der Waals surface area contributed by atoms with E-state index >= 15 is 0 Å². The van der Waals surface area contributed by atoms with Crippen molar-refractivity contribution in [1.82, 2.24) is 15.1 Å². The topological polar surface area (TPSA) is 64.0 Å². The van der Waals surface area contributed by atoms with Gasteiger partial charge in [-0.25, -0.2) is 0 Å². The van der Waals surface area contributed by atoms with Gasteiger partial charge in [0.15, 0.2) is 0 Å². The highest BCUT2D eigenvalue weighted by Gasteiger charge is 2.11. The number of hydrogen-bond donors (Lipinski definition) is 1. The summed E-state index contributed by atoms with van der Waals surface area (Å²) in [7, 11) is 0. The molecule has 3 rings (SSSR count). The van der Waals surface area contributed by atoms with Crippen LogP contribution in [0.15, 0.2) is 65.6 Å². The highest BCUT2D eigenvalue weighted by atomic mass is 16.1. The average molecular weight is 349 g/mol. The Kier molecular flexibility index (Phi) is 5.79. The fourth-order valence-electron chi connectivity index (χ4n) is 3.10. The van der Waals surface area contributed by atoms with Crippen LogP contribution in [0.4, 0.5) is 0 Å². The van der Waals surface area contributed by atoms with Crippen LogP contribution in [0.2, 0.25) is 0 Å². The van der Waals surface area contributed by atoms with Gasteiger partial charge in [0.25, 0.3) is 0 Å². The highest BCUT2D eigenvalue weighted by Crippen LogP contribution is 2.18. The summed E-state index contributed by atoms with van der Waals surface area (Å²) in [6.45, 7) is 3.19. The maximum absolute atomic E-state index is 12.3. The van der Waals surface area contributed by atoms with Gasteiger partial charge in [-0.3, -0.25) is 14.3 Å². The van der Waals surface area contributed by atoms with Gasteiger partial charge in [0.05, 0.1) is 18.3 Å². The number of nitrogens with one attached hydrogen (secondary N) is 1. The third-order valence-electron chi connectivity index (χ3n) is 4.62. The number of aromatic nitrogens is 2. The lowest BCUT2D eigenvalue weighted by atomic mass is 9.96. The summed E-state index contributed by atoms with van der Waals surface area (Å²) in [5.74, 6) is 0.301. The molecule has 1 N–H and O–H groups in total. The molecule has 3 aromatic rings. The molecule has 5 heteroatoms. The molecule has 0 spiro atoms. The van der Waals surface area contributed by atoms with Crippen LogP contribution in [0.25, 0.3) is 10.9 Å². The first-order valence-corrected chi connectivity index (χ1v) is 8.95. The number of rotatable bonds is 7. The van der Waals surface area contributed by atoms with E-state index in [9.17, 15) is 9.59 Å². The van der Waals surface area contributed by atoms with E-state index < -0.39 is 0 Å². The number of amides is 1. The maximum Gasteiger partial charge on any atom is 0.221 e. The van der Waals surface area contributed by atoms with Gasteiger partial charge in [0.2, 0.25) is 11.3 Å². The van der Waals surface area contributed by atoms with Crippen molar-refractivity contribution in [3.05, 3.63) is 76.6 Å². The predicted octanol–water partition coefficient (Wildman–Crippen LogP) is 3.10. The van der Waals surface area contributed by atoms with Crippen molar-refractivity contribution in [3.8, 4) is 0 Å². The first-order valence-electron chi connectivity index (χ1n) is 8.95. The fraction of sp³-hybridized carbons (Fsp3) is 0.286. The third kappa shape index (κ3) is 4.17. The van der Waals surface area contributed by atoms with E-state index in [0.29, 0.717) is 30.8 Å². The van der Waals surface area contributed by atoms with Crippen molar-refractivity contribution in [3.63, 3.8) is 0 Å². The Labute approximate surface area is 152 Å². The molecule has 0 saturated carbocycles. The van der Waals surface area contributed by atoms with Crippen molar-refractivity contribution < 1.29 is 4.79 Å². The smallest absolute Gasteiger partial charge is 0.221 e. The fourth-order valence-corrected chi connectivity index (χ4v) is 3.10. The van der Waals surface area contributed by atoms with Crippen LogP contribution in [0, 0.1) is 0 Å². The first-order chi connectivity index (χ1) is 12.7. The second-order valence-electron chi connectivity index (χ2n) is 6.32. The molecule has 1 unspecified atom stereocenters. The number of nitrogens with zero attached hydrogens (tertiary/aromatic N) is 2. The summed E-state index contributed by atoms with van der Waals surface area (Å²) in [4.78, 5) is 24.1. The van der Waals surface area contributed by atoms with Gasteiger partial charge in [0, 0.05) is 24.3 Å². The van der Waals surface area contributed by atoms with Gasteiger partial charge < -0.3 is 5.32 Å². The molecular formula is C21H23N3O2. The van der Waals surface area contributed by atoms with Crippen LogP contribution in [0.3, 0.4) is 0 Å². The number of para-hydroxylation sites is 1. The number of carbonyl (C=O) groups is 1. The van der Waals surface area contributed by atoms with Crippen LogP contribution in [-0.2, 0) is 11.3 Å². The van der Waals surface area contributed by atoms with Crippen molar-refractivity contribution in [2.75, 3.05) is 6.54 Å². The summed E-state index contributed by atoms with van der Waals surface area (Å²) in [6, 6.07) is 17.6. The van der Waals surface area contributed by atoms with Gasteiger partial charge in [-0.15, -0.1) is 0 Å². The van der Waals surface area contributed by atoms with Crippen LogP contribution >= 0.6 is 0 Å². The second-order valence-corrected chi connectivity index (χ2v) is 6.32. The molecule has 5 nitrogen and oxygen atoms in total. The van der Waals surface area contributed by atoms with Gasteiger partial charge in [0.1, 0.15) is 0 Å². The lowest BCUT2D eigenvalue weighted by Crippen LogP contribution is -2.29. The number of fused-ring (bicyclic) bond motifs is 1. The van der Waals surface area contributed by atoms with Crippen molar-refractivity contribution in [2.45, 2.75) is 32.2 Å². The summed E-state index contributed by atoms with van der Waals surface area (Å²) in [5, 5.41) is 7.80. The number of aryl methyl sites for hydroxylation is 1. The molecule has 1 aromatic heterocycles. The molecule has 0 bridgehead atoms. The normalized spacial score (nSPS) is 12.0. The van der Waals surface area contributed by atoms with Gasteiger partial charge >= 0.3 is 0 Å². The van der Waals surface area contributed by atoms with Gasteiger partial charge in [-0.2, -0.15) is 5.10 Å². The SMILES string of the molecule is CCC(CNC(=O)CCn1ncc(=O)c2ccccc21)c1ccccc1. The molecule has 1 amide bonds. The van der Waals surface area contributed by atoms with Crippen molar-refractivity contribution in [1.29, 1.82) is 0 Å². The monoisotopic (exact) mass is 349 g/mol. The second kappa shape index (κ2) is 8.43. The molecule has 0 aliphatic rings. The third-order valence-corrected chi connectivity index (χ3v) is 4.62. The largest absolute Gasteiger partial charge is 0.355 e. The van der Waals surface area contributed by atoms with Crippen LogP contribution in [0.5, 0.6) is 0 Å². The predicted molar refractivity (Wildman–Crippen MR) is 103 cm³/mol. The Morgan fingerprint density at radius 1 is 1.12 bits per heavy atom. The van der Waals surface area contributed by atoms with Gasteiger partial charge in [-0.1, -0.05) is 49.4 Å². The Morgan fingerprint density at radius 2 is 1.85 bits per heavy atom. The molecule has 2 aromatic carbocycles. The zero-order valence-corrected chi connectivity index (χ0v) is 14.9. The van der Waals surface area contributed by atoms with E-state index in [1.807, 2.05) is 36.4 Å². The molecular weight excluding hydrogens is 326 g/mol. The number of benzene rings is 2. The quantitative estimate of drug-likeness (QED) is 0.713. The molecule has 134 valence electrons. The van der Waals surface area contributed by atoms with E-state index in [0.717, 1.165) is 11.9 Å². The average Bonchev–Trinajstić information content (AvgIpc) is 2.69. The van der Waals surface area contributed by atoms with Crippen LogP contribution in [-0.4, -0.2) is 22.2 Å². The molecule has 26 heavy (non-hydrogen) atoms. The first kappa shape index (κ1) is 17.9. The van der Waals surface area contributed by atoms with Crippen LogP contribution < -0.4 is 10.7 Å². The lowest BCUT2D eigenvalue weighted by Gasteiger charge is -2.16. The Balaban J connectivity index is 1.60. The van der Waals surface area contributed by atoms with E-state index in [1.165, 1.54) is 11.8 Å². The number of carbonyl (C=O) groups excluding carboxylic acids is 1. The molecule has 1 atom stereocenters. The zero-order chi connectivity index (χ0) is 18.4. The Morgan fingerprint density at radius 3 is 2.62 bits per heavy atom. The molecule has 0 aliphatic heterocycles. The van der Waals surface area contributed by atoms with Gasteiger partial charge in [-0.05, 0) is 24.1 Å². The minimum atomic E-state index is -0.102. The minimum absolute atomic E-state index is 0.0102. The van der Waals surface area contributed by atoms with E-state index in [-0.39, 0.29) is 11.3 Å². The summed E-state index contributed by atoms with van der Waals surface area (Å²) >= 11 is 0. The standard InChI is InChI=1S/C21H23N3O2/c1-2-16(17-8-4-3-5-9-17)14-22-21(26)12-13-24-19-11-7-6-10-18(19)20(25)15-23-24/h3-11,15-16H,2,12-14H2,1H3,(H,22,26). The maximum atomic E-state index is 12.3. The van der Waals surface area contributed by atoms with Crippen LogP contribution in [0.1, 0.15) is 31.2 Å². The summed E-state index contributed by atoms with van der Waals surface area (Å²) < 4.78 is 1.71. The molecule has 1 heterocycles. The summed E-state index contributed by atoms with van der Waals surface area (Å²) in [5.41, 5.74) is 1.89. The minimum Gasteiger partial charge on any atom is -0.355 e. The zero-order valence-electron chi connectivity index (χ0n) is 14.9. The molecule has 0 radical (unpaired) electrons. The highest BCUT2D eigenvalue weighted by molar-refractivity contribution is 5.79. The van der Waals surface area contributed by atoms with E-state index in [2.05, 4.69) is 29.5 Å². The van der Waals surface area contributed by atoms with Crippen molar-refractivity contribution in [2.24, 2.45) is 0 Å². The van der Waals surface area contributed by atoms with Crippen molar-refractivity contribution >= 4 is 16.8 Å². The van der Waals surface area contributed by atoms with E-state index in [4.69, 9.17) is 0 Å². The molecule has 0 saturated heterocycles.